The zero-order chi connectivity index (χ0) is 10.5. The summed E-state index contributed by atoms with van der Waals surface area (Å²) in [6.07, 6.45) is 1.63. The molecule has 4 nitrogen and oxygen atoms in total. The third kappa shape index (κ3) is 2.37. The molecule has 0 aliphatic rings. The maximum atomic E-state index is 5.67. The van der Waals surface area contributed by atoms with Crippen molar-refractivity contribution in [3.8, 4) is 0 Å². The van der Waals surface area contributed by atoms with Crippen LogP contribution in [-0.4, -0.2) is 4.98 Å². The van der Waals surface area contributed by atoms with Crippen LogP contribution in [-0.2, 0) is 0 Å². The van der Waals surface area contributed by atoms with E-state index in [9.17, 15) is 0 Å². The summed E-state index contributed by atoms with van der Waals surface area (Å²) in [6.45, 7) is 0. The van der Waals surface area contributed by atoms with Gasteiger partial charge in [-0.05, 0) is 24.3 Å². The zero-order valence-corrected chi connectivity index (χ0v) is 8.04. The van der Waals surface area contributed by atoms with Crippen LogP contribution in [0.15, 0.2) is 58.9 Å². The van der Waals surface area contributed by atoms with Crippen LogP contribution in [0, 0.1) is 0 Å². The average molecular weight is 198 g/mol. The Labute approximate surface area is 87.5 Å². The van der Waals surface area contributed by atoms with Crippen molar-refractivity contribution in [2.24, 2.45) is 10.2 Å². The number of nitrogen functional groups attached to an aromatic ring is 1. The van der Waals surface area contributed by atoms with Crippen molar-refractivity contribution in [2.45, 2.75) is 0 Å². The molecule has 15 heavy (non-hydrogen) atoms. The van der Waals surface area contributed by atoms with Crippen molar-refractivity contribution < 1.29 is 0 Å². The number of nitrogens with two attached hydrogens (primary N) is 1. The molecule has 4 heteroatoms. The SMILES string of the molecule is Nc1cccnc1N=Nc1ccccc1. The summed E-state index contributed by atoms with van der Waals surface area (Å²) in [6, 6.07) is 13.0. The van der Waals surface area contributed by atoms with E-state index in [-0.39, 0.29) is 0 Å². The summed E-state index contributed by atoms with van der Waals surface area (Å²) < 4.78 is 0. The van der Waals surface area contributed by atoms with Crippen LogP contribution in [0.2, 0.25) is 0 Å². The molecular formula is C11H10N4. The molecule has 0 fully saturated rings. The lowest BCUT2D eigenvalue weighted by molar-refractivity contribution is 1.16. The van der Waals surface area contributed by atoms with Gasteiger partial charge in [0.05, 0.1) is 11.4 Å². The first kappa shape index (κ1) is 9.33. The highest BCUT2D eigenvalue weighted by Crippen LogP contribution is 2.20. The van der Waals surface area contributed by atoms with Gasteiger partial charge in [0.1, 0.15) is 0 Å². The van der Waals surface area contributed by atoms with Crippen molar-refractivity contribution >= 4 is 17.2 Å². The molecule has 74 valence electrons. The molecule has 0 aliphatic carbocycles. The summed E-state index contributed by atoms with van der Waals surface area (Å²) in [4.78, 5) is 4.01. The summed E-state index contributed by atoms with van der Waals surface area (Å²) in [5, 5.41) is 7.98. The van der Waals surface area contributed by atoms with Gasteiger partial charge in [0.2, 0.25) is 0 Å². The summed E-state index contributed by atoms with van der Waals surface area (Å²) >= 11 is 0. The quantitative estimate of drug-likeness (QED) is 0.753. The summed E-state index contributed by atoms with van der Waals surface area (Å²) in [7, 11) is 0. The molecule has 2 rings (SSSR count). The predicted octanol–water partition coefficient (Wildman–Crippen LogP) is 3.08. The highest BCUT2D eigenvalue weighted by molar-refractivity contribution is 5.56. The van der Waals surface area contributed by atoms with E-state index in [4.69, 9.17) is 5.73 Å². The van der Waals surface area contributed by atoms with Gasteiger partial charge in [-0.25, -0.2) is 4.98 Å². The highest BCUT2D eigenvalue weighted by Gasteiger charge is 1.95. The van der Waals surface area contributed by atoms with Crippen molar-refractivity contribution in [2.75, 3.05) is 5.73 Å². The van der Waals surface area contributed by atoms with E-state index in [0.717, 1.165) is 5.69 Å². The van der Waals surface area contributed by atoms with Crippen molar-refractivity contribution in [1.29, 1.82) is 0 Å². The molecule has 1 aromatic carbocycles. The Morgan fingerprint density at radius 3 is 2.47 bits per heavy atom. The van der Waals surface area contributed by atoms with Gasteiger partial charge < -0.3 is 5.73 Å². The number of hydrogen-bond donors (Lipinski definition) is 1. The molecule has 0 aliphatic heterocycles. The lowest BCUT2D eigenvalue weighted by Crippen LogP contribution is -1.85. The van der Waals surface area contributed by atoms with Crippen LogP contribution in [0.25, 0.3) is 0 Å². The molecule has 1 aromatic heterocycles. The predicted molar refractivity (Wildman–Crippen MR) is 59.3 cm³/mol. The van der Waals surface area contributed by atoms with Gasteiger partial charge >= 0.3 is 0 Å². The summed E-state index contributed by atoms with van der Waals surface area (Å²) in [5.41, 5.74) is 6.97. The standard InChI is InChI=1S/C11H10N4/c12-10-7-4-8-13-11(10)15-14-9-5-2-1-3-6-9/h1-8H,12H2. The largest absolute Gasteiger partial charge is 0.396 e. The van der Waals surface area contributed by atoms with Crippen molar-refractivity contribution in [1.82, 2.24) is 4.98 Å². The Morgan fingerprint density at radius 1 is 0.933 bits per heavy atom. The van der Waals surface area contributed by atoms with Crippen LogP contribution in [0.5, 0.6) is 0 Å². The zero-order valence-electron chi connectivity index (χ0n) is 8.04. The minimum Gasteiger partial charge on any atom is -0.396 e. The van der Waals surface area contributed by atoms with Crippen LogP contribution < -0.4 is 5.73 Å². The van der Waals surface area contributed by atoms with Crippen molar-refractivity contribution in [3.63, 3.8) is 0 Å². The lowest BCUT2D eigenvalue weighted by atomic mass is 10.3. The maximum absolute atomic E-state index is 5.67. The van der Waals surface area contributed by atoms with E-state index in [1.807, 2.05) is 30.3 Å². The molecule has 1 heterocycles. The molecule has 0 unspecified atom stereocenters. The first-order valence-electron chi connectivity index (χ1n) is 4.53. The van der Waals surface area contributed by atoms with Gasteiger partial charge in [0.15, 0.2) is 5.82 Å². The fourth-order valence-electron chi connectivity index (χ4n) is 1.09. The van der Waals surface area contributed by atoms with E-state index in [1.54, 1.807) is 18.3 Å². The fraction of sp³-hybridized carbons (Fsp3) is 0. The fourth-order valence-corrected chi connectivity index (χ4v) is 1.09. The third-order valence-corrected chi connectivity index (χ3v) is 1.83. The molecule has 0 saturated carbocycles. The number of anilines is 1. The molecular weight excluding hydrogens is 188 g/mol. The highest BCUT2D eigenvalue weighted by atomic mass is 15.1. The van der Waals surface area contributed by atoms with E-state index in [1.165, 1.54) is 0 Å². The Hall–Kier alpha value is -2.23. The van der Waals surface area contributed by atoms with Gasteiger partial charge in [0.25, 0.3) is 0 Å². The Balaban J connectivity index is 2.23. The number of pyridine rings is 1. The second-order valence-electron chi connectivity index (χ2n) is 2.95. The minimum atomic E-state index is 0.446. The van der Waals surface area contributed by atoms with E-state index >= 15 is 0 Å². The number of hydrogen-bond acceptors (Lipinski definition) is 4. The van der Waals surface area contributed by atoms with Crippen LogP contribution >= 0.6 is 0 Å². The molecule has 0 spiro atoms. The molecule has 2 aromatic rings. The topological polar surface area (TPSA) is 63.6 Å². The maximum Gasteiger partial charge on any atom is 0.197 e. The monoisotopic (exact) mass is 198 g/mol. The number of benzene rings is 1. The Bertz CT molecular complexity index is 465. The van der Waals surface area contributed by atoms with Gasteiger partial charge in [0, 0.05) is 6.20 Å². The number of rotatable bonds is 2. The number of aromatic nitrogens is 1. The molecule has 0 bridgehead atoms. The van der Waals surface area contributed by atoms with Gasteiger partial charge in [-0.2, -0.15) is 0 Å². The second kappa shape index (κ2) is 4.32. The van der Waals surface area contributed by atoms with E-state index in [0.29, 0.717) is 11.5 Å². The molecule has 0 atom stereocenters. The van der Waals surface area contributed by atoms with Crippen LogP contribution in [0.1, 0.15) is 0 Å². The van der Waals surface area contributed by atoms with E-state index < -0.39 is 0 Å². The van der Waals surface area contributed by atoms with Crippen LogP contribution in [0.4, 0.5) is 17.2 Å². The first-order valence-corrected chi connectivity index (χ1v) is 4.53. The first-order chi connectivity index (χ1) is 7.36. The Kier molecular flexibility index (Phi) is 2.69. The lowest BCUT2D eigenvalue weighted by Gasteiger charge is -1.95. The molecule has 0 amide bonds. The van der Waals surface area contributed by atoms with Gasteiger partial charge in [-0.3, -0.25) is 0 Å². The number of azo groups is 1. The molecule has 0 radical (unpaired) electrons. The molecule has 0 saturated heterocycles. The second-order valence-corrected chi connectivity index (χ2v) is 2.95. The normalized spacial score (nSPS) is 10.7. The van der Waals surface area contributed by atoms with Gasteiger partial charge in [-0.15, -0.1) is 10.2 Å². The average Bonchev–Trinajstić information content (AvgIpc) is 2.29. The minimum absolute atomic E-state index is 0.446. The molecule has 2 N–H and O–H groups in total. The third-order valence-electron chi connectivity index (χ3n) is 1.83. The van der Waals surface area contributed by atoms with Crippen LogP contribution in [0.3, 0.4) is 0 Å². The van der Waals surface area contributed by atoms with E-state index in [2.05, 4.69) is 15.2 Å². The Morgan fingerprint density at radius 2 is 1.73 bits per heavy atom. The van der Waals surface area contributed by atoms with Gasteiger partial charge in [-0.1, -0.05) is 18.2 Å². The van der Waals surface area contributed by atoms with Crippen molar-refractivity contribution in [3.05, 3.63) is 48.7 Å². The number of nitrogens with zero attached hydrogens (tertiary/aromatic N) is 3. The smallest absolute Gasteiger partial charge is 0.197 e. The summed E-state index contributed by atoms with van der Waals surface area (Å²) in [5.74, 6) is 0.446.